The Hall–Kier alpha value is -0.513. The van der Waals surface area contributed by atoms with Gasteiger partial charge in [0.2, 0.25) is 0 Å². The molecule has 0 fully saturated rings. The predicted molar refractivity (Wildman–Crippen MR) is 78.4 cm³/mol. The molecule has 0 aliphatic carbocycles. The van der Waals surface area contributed by atoms with Crippen LogP contribution in [-0.2, 0) is 9.16 Å². The molecule has 0 aromatic heterocycles. The molecule has 0 unspecified atom stereocenters. The summed E-state index contributed by atoms with van der Waals surface area (Å²) in [5.41, 5.74) is 0. The summed E-state index contributed by atoms with van der Waals surface area (Å²) in [5.74, 6) is 0. The monoisotopic (exact) mass is 274 g/mol. The lowest BCUT2D eigenvalue weighted by Gasteiger charge is -2.23. The maximum Gasteiger partial charge on any atom is 0.494 e. The summed E-state index contributed by atoms with van der Waals surface area (Å²) in [4.78, 5) is 11.5. The van der Waals surface area contributed by atoms with Crippen molar-refractivity contribution in [1.29, 1.82) is 0 Å². The van der Waals surface area contributed by atoms with Gasteiger partial charge in [-0.2, -0.15) is 0 Å². The smallest absolute Gasteiger partial charge is 0.489 e. The van der Waals surface area contributed by atoms with Crippen LogP contribution in [0.4, 0.5) is 4.79 Å². The van der Waals surface area contributed by atoms with Crippen molar-refractivity contribution in [2.24, 2.45) is 0 Å². The summed E-state index contributed by atoms with van der Waals surface area (Å²) in [5, 5.41) is 0. The van der Waals surface area contributed by atoms with E-state index in [1.54, 1.807) is 0 Å². The standard InChI is InChI=1S/C14H30O3Si/c1-5-8-9-10-11-12-13-16-14(15)17-18(4,6-2)7-3/h5-13H2,1-4H3. The van der Waals surface area contributed by atoms with Gasteiger partial charge in [-0.25, -0.2) is 4.79 Å². The van der Waals surface area contributed by atoms with Crippen molar-refractivity contribution in [3.8, 4) is 0 Å². The van der Waals surface area contributed by atoms with Crippen LogP contribution < -0.4 is 0 Å². The minimum Gasteiger partial charge on any atom is -0.489 e. The molecular formula is C14H30O3Si. The highest BCUT2D eigenvalue weighted by molar-refractivity contribution is 6.73. The van der Waals surface area contributed by atoms with E-state index in [2.05, 4.69) is 27.3 Å². The van der Waals surface area contributed by atoms with Crippen molar-refractivity contribution in [2.45, 2.75) is 77.9 Å². The molecule has 0 spiro atoms. The zero-order valence-corrected chi connectivity index (χ0v) is 13.6. The zero-order chi connectivity index (χ0) is 13.9. The zero-order valence-electron chi connectivity index (χ0n) is 12.6. The van der Waals surface area contributed by atoms with Gasteiger partial charge in [0, 0.05) is 0 Å². The van der Waals surface area contributed by atoms with Gasteiger partial charge in [-0.05, 0) is 25.1 Å². The number of hydrogen-bond donors (Lipinski definition) is 0. The van der Waals surface area contributed by atoms with Gasteiger partial charge in [0.05, 0.1) is 6.61 Å². The van der Waals surface area contributed by atoms with Gasteiger partial charge in [0.1, 0.15) is 0 Å². The second-order valence-electron chi connectivity index (χ2n) is 5.13. The number of ether oxygens (including phenoxy) is 1. The summed E-state index contributed by atoms with van der Waals surface area (Å²) < 4.78 is 10.6. The van der Waals surface area contributed by atoms with Crippen molar-refractivity contribution in [1.82, 2.24) is 0 Å². The van der Waals surface area contributed by atoms with E-state index in [4.69, 9.17) is 9.16 Å². The summed E-state index contributed by atoms with van der Waals surface area (Å²) in [6.45, 7) is 8.96. The lowest BCUT2D eigenvalue weighted by Crippen LogP contribution is -2.35. The Kier molecular flexibility index (Phi) is 10.1. The first-order valence-electron chi connectivity index (χ1n) is 7.43. The van der Waals surface area contributed by atoms with E-state index in [1.807, 2.05) is 0 Å². The minimum atomic E-state index is -1.82. The maximum atomic E-state index is 11.5. The third kappa shape index (κ3) is 8.56. The van der Waals surface area contributed by atoms with Crippen LogP contribution in [0.3, 0.4) is 0 Å². The molecule has 0 amide bonds. The Labute approximate surface area is 113 Å². The third-order valence-electron chi connectivity index (χ3n) is 3.54. The van der Waals surface area contributed by atoms with Crippen molar-refractivity contribution in [2.75, 3.05) is 6.61 Å². The van der Waals surface area contributed by atoms with E-state index in [0.29, 0.717) is 6.61 Å². The number of hydrogen-bond acceptors (Lipinski definition) is 3. The molecule has 0 atom stereocenters. The minimum absolute atomic E-state index is 0.457. The third-order valence-corrected chi connectivity index (χ3v) is 7.19. The van der Waals surface area contributed by atoms with Crippen molar-refractivity contribution in [3.05, 3.63) is 0 Å². The Morgan fingerprint density at radius 1 is 0.944 bits per heavy atom. The highest BCUT2D eigenvalue weighted by Gasteiger charge is 2.29. The van der Waals surface area contributed by atoms with Crippen LogP contribution in [0.15, 0.2) is 0 Å². The van der Waals surface area contributed by atoms with Gasteiger partial charge in [-0.15, -0.1) is 0 Å². The molecule has 0 aromatic carbocycles. The first-order valence-corrected chi connectivity index (χ1v) is 10.3. The normalized spacial score (nSPS) is 11.3. The molecule has 0 aromatic rings. The van der Waals surface area contributed by atoms with Crippen LogP contribution in [0.25, 0.3) is 0 Å². The molecule has 0 rings (SSSR count). The van der Waals surface area contributed by atoms with Crippen molar-refractivity contribution >= 4 is 14.5 Å². The van der Waals surface area contributed by atoms with Gasteiger partial charge in [0.25, 0.3) is 8.32 Å². The second-order valence-corrected chi connectivity index (χ2v) is 9.64. The van der Waals surface area contributed by atoms with E-state index in [0.717, 1.165) is 24.9 Å². The molecule has 0 aliphatic rings. The first kappa shape index (κ1) is 17.5. The van der Waals surface area contributed by atoms with Crippen LogP contribution in [0.2, 0.25) is 18.6 Å². The fourth-order valence-electron chi connectivity index (χ4n) is 1.66. The molecule has 0 bridgehead atoms. The average Bonchev–Trinajstić information content (AvgIpc) is 2.37. The summed E-state index contributed by atoms with van der Waals surface area (Å²) in [6, 6.07) is 1.91. The Balaban J connectivity index is 3.53. The molecule has 0 saturated heterocycles. The molecular weight excluding hydrogens is 244 g/mol. The van der Waals surface area contributed by atoms with Gasteiger partial charge in [-0.3, -0.25) is 0 Å². The number of rotatable bonds is 10. The predicted octanol–water partition coefficient (Wildman–Crippen LogP) is 5.12. The molecule has 0 radical (unpaired) electrons. The van der Waals surface area contributed by atoms with Crippen molar-refractivity contribution in [3.63, 3.8) is 0 Å². The van der Waals surface area contributed by atoms with Crippen molar-refractivity contribution < 1.29 is 14.0 Å². The van der Waals surface area contributed by atoms with Crippen LogP contribution >= 0.6 is 0 Å². The first-order chi connectivity index (χ1) is 8.58. The van der Waals surface area contributed by atoms with E-state index >= 15 is 0 Å². The number of carbonyl (C=O) groups excluding carboxylic acids is 1. The largest absolute Gasteiger partial charge is 0.494 e. The van der Waals surface area contributed by atoms with Gasteiger partial charge in [-0.1, -0.05) is 52.9 Å². The highest BCUT2D eigenvalue weighted by atomic mass is 28.4. The Bertz CT molecular complexity index is 215. The fourth-order valence-corrected chi connectivity index (χ4v) is 2.91. The van der Waals surface area contributed by atoms with Crippen LogP contribution in [0.5, 0.6) is 0 Å². The van der Waals surface area contributed by atoms with Crippen LogP contribution in [-0.4, -0.2) is 21.1 Å². The van der Waals surface area contributed by atoms with Crippen LogP contribution in [0.1, 0.15) is 59.3 Å². The lowest BCUT2D eigenvalue weighted by atomic mass is 10.1. The SMILES string of the molecule is CCCCCCCCOC(=O)O[Si](C)(CC)CC. The number of unbranched alkanes of at least 4 members (excludes halogenated alkanes) is 5. The number of carbonyl (C=O) groups is 1. The Morgan fingerprint density at radius 2 is 1.50 bits per heavy atom. The molecule has 0 heterocycles. The molecule has 0 saturated carbocycles. The van der Waals surface area contributed by atoms with Gasteiger partial charge in [0.15, 0.2) is 0 Å². The van der Waals surface area contributed by atoms with E-state index in [-0.39, 0.29) is 0 Å². The van der Waals surface area contributed by atoms with Gasteiger partial charge >= 0.3 is 6.16 Å². The highest BCUT2D eigenvalue weighted by Crippen LogP contribution is 2.17. The summed E-state index contributed by atoms with van der Waals surface area (Å²) >= 11 is 0. The van der Waals surface area contributed by atoms with Gasteiger partial charge < -0.3 is 9.16 Å². The molecule has 3 nitrogen and oxygen atoms in total. The molecule has 4 heteroatoms. The molecule has 0 N–H and O–H groups in total. The van der Waals surface area contributed by atoms with Crippen LogP contribution in [0, 0.1) is 0 Å². The van der Waals surface area contributed by atoms with E-state index < -0.39 is 14.5 Å². The topological polar surface area (TPSA) is 35.5 Å². The lowest BCUT2D eigenvalue weighted by molar-refractivity contribution is 0.0943. The molecule has 0 aliphatic heterocycles. The fraction of sp³-hybridized carbons (Fsp3) is 0.929. The van der Waals surface area contributed by atoms with E-state index in [9.17, 15) is 4.79 Å². The summed E-state index contributed by atoms with van der Waals surface area (Å²) in [6.07, 6.45) is 6.74. The molecule has 108 valence electrons. The molecule has 18 heavy (non-hydrogen) atoms. The van der Waals surface area contributed by atoms with E-state index in [1.165, 1.54) is 25.7 Å². The average molecular weight is 274 g/mol. The summed E-state index contributed by atoms with van der Waals surface area (Å²) in [7, 11) is -1.82. The Morgan fingerprint density at radius 3 is 2.06 bits per heavy atom. The maximum absolute atomic E-state index is 11.5. The second kappa shape index (κ2) is 10.4. The quantitative estimate of drug-likeness (QED) is 0.315.